The lowest BCUT2D eigenvalue weighted by molar-refractivity contribution is 0.833. The minimum absolute atomic E-state index is 0.487. The molecule has 0 heterocycles. The molecule has 0 saturated heterocycles. The summed E-state index contributed by atoms with van der Waals surface area (Å²) in [6, 6.07) is 8.39. The van der Waals surface area contributed by atoms with Gasteiger partial charge in [0.05, 0.1) is 11.6 Å². The van der Waals surface area contributed by atoms with Crippen molar-refractivity contribution in [3.63, 3.8) is 0 Å². The second-order valence-electron chi connectivity index (χ2n) is 4.31. The fraction of sp³-hybridized carbons (Fsp3) is 0.533. The molecular formula is C15H23N. The summed E-state index contributed by atoms with van der Waals surface area (Å²) >= 11 is 0. The third-order valence-electron chi connectivity index (χ3n) is 2.44. The van der Waals surface area contributed by atoms with E-state index in [1.54, 1.807) is 0 Å². The molecule has 0 unspecified atom stereocenters. The summed E-state index contributed by atoms with van der Waals surface area (Å²) in [5.41, 5.74) is 3.29. The fourth-order valence-electron chi connectivity index (χ4n) is 1.41. The van der Waals surface area contributed by atoms with E-state index in [2.05, 4.69) is 39.8 Å². The Labute approximate surface area is 100 Å². The molecule has 0 amide bonds. The van der Waals surface area contributed by atoms with Crippen LogP contribution in [0.2, 0.25) is 0 Å². The first-order valence-electron chi connectivity index (χ1n) is 6.09. The maximum atomic E-state index is 8.90. The molecule has 0 radical (unpaired) electrons. The van der Waals surface area contributed by atoms with Crippen molar-refractivity contribution in [2.24, 2.45) is 0 Å². The van der Waals surface area contributed by atoms with Crippen molar-refractivity contribution >= 4 is 0 Å². The third kappa shape index (κ3) is 4.06. The number of hydrogen-bond acceptors (Lipinski definition) is 1. The van der Waals surface area contributed by atoms with Crippen molar-refractivity contribution in [1.82, 2.24) is 0 Å². The van der Waals surface area contributed by atoms with Gasteiger partial charge < -0.3 is 0 Å². The highest BCUT2D eigenvalue weighted by atomic mass is 14.2. The molecule has 0 fully saturated rings. The van der Waals surface area contributed by atoms with Gasteiger partial charge in [0.2, 0.25) is 0 Å². The molecular weight excluding hydrogens is 194 g/mol. The van der Waals surface area contributed by atoms with Gasteiger partial charge >= 0.3 is 0 Å². The molecule has 0 N–H and O–H groups in total. The molecule has 1 aromatic carbocycles. The molecule has 0 aromatic heterocycles. The Morgan fingerprint density at radius 3 is 1.50 bits per heavy atom. The first-order chi connectivity index (χ1) is 7.54. The lowest BCUT2D eigenvalue weighted by Gasteiger charge is -2.11. The number of nitrogens with zero attached hydrogens (tertiary/aromatic N) is 1. The Morgan fingerprint density at radius 1 is 0.875 bits per heavy atom. The summed E-state index contributed by atoms with van der Waals surface area (Å²) in [4.78, 5) is 0. The fourth-order valence-corrected chi connectivity index (χ4v) is 1.41. The maximum absolute atomic E-state index is 8.90. The van der Waals surface area contributed by atoms with Crippen LogP contribution in [-0.2, 0) is 0 Å². The van der Waals surface area contributed by atoms with Crippen LogP contribution < -0.4 is 0 Å². The predicted octanol–water partition coefficient (Wildman–Crippen LogP) is 4.83. The van der Waals surface area contributed by atoms with E-state index in [1.165, 1.54) is 11.1 Å². The molecule has 1 nitrogen and oxygen atoms in total. The Bertz CT molecular complexity index is 330. The lowest BCUT2D eigenvalue weighted by Crippen LogP contribution is -1.94. The molecule has 0 atom stereocenters. The van der Waals surface area contributed by atoms with Crippen LogP contribution >= 0.6 is 0 Å². The molecule has 0 bridgehead atoms. The zero-order valence-electron chi connectivity index (χ0n) is 11.3. The van der Waals surface area contributed by atoms with Gasteiger partial charge in [-0.2, -0.15) is 5.26 Å². The topological polar surface area (TPSA) is 23.8 Å². The standard InChI is InChI=1S/C13H17N.C2H6/c1-9(2)12-5-11(8-14)6-13(7-12)10(3)4;1-2/h5-7,9-10H,1-4H3;1-2H3. The summed E-state index contributed by atoms with van der Waals surface area (Å²) in [5.74, 6) is 0.974. The Kier molecular flexibility index (Phi) is 6.49. The average molecular weight is 217 g/mol. The van der Waals surface area contributed by atoms with Crippen LogP contribution in [0.3, 0.4) is 0 Å². The number of rotatable bonds is 2. The van der Waals surface area contributed by atoms with E-state index in [9.17, 15) is 0 Å². The number of nitriles is 1. The maximum Gasteiger partial charge on any atom is 0.0991 e. The molecule has 0 aliphatic carbocycles. The summed E-state index contributed by atoms with van der Waals surface area (Å²) in [5, 5.41) is 8.90. The van der Waals surface area contributed by atoms with Crippen LogP contribution in [0.5, 0.6) is 0 Å². The van der Waals surface area contributed by atoms with Gasteiger partial charge in [0, 0.05) is 0 Å². The zero-order valence-corrected chi connectivity index (χ0v) is 11.3. The third-order valence-corrected chi connectivity index (χ3v) is 2.44. The predicted molar refractivity (Wildman–Crippen MR) is 70.7 cm³/mol. The lowest BCUT2D eigenvalue weighted by atomic mass is 9.93. The first-order valence-corrected chi connectivity index (χ1v) is 6.09. The van der Waals surface area contributed by atoms with Gasteiger partial charge in [0.1, 0.15) is 0 Å². The first kappa shape index (κ1) is 14.7. The van der Waals surface area contributed by atoms with Crippen molar-refractivity contribution in [2.75, 3.05) is 0 Å². The van der Waals surface area contributed by atoms with Gasteiger partial charge in [-0.05, 0) is 35.1 Å². The summed E-state index contributed by atoms with van der Waals surface area (Å²) < 4.78 is 0. The second kappa shape index (κ2) is 7.06. The minimum atomic E-state index is 0.487. The van der Waals surface area contributed by atoms with Gasteiger partial charge in [-0.15, -0.1) is 0 Å². The van der Waals surface area contributed by atoms with Crippen LogP contribution in [0.4, 0.5) is 0 Å². The van der Waals surface area contributed by atoms with E-state index < -0.39 is 0 Å². The van der Waals surface area contributed by atoms with E-state index in [4.69, 9.17) is 5.26 Å². The van der Waals surface area contributed by atoms with Crippen molar-refractivity contribution < 1.29 is 0 Å². The van der Waals surface area contributed by atoms with Crippen molar-refractivity contribution in [2.45, 2.75) is 53.4 Å². The monoisotopic (exact) mass is 217 g/mol. The van der Waals surface area contributed by atoms with Crippen LogP contribution in [0.1, 0.15) is 70.1 Å². The molecule has 0 saturated carbocycles. The van der Waals surface area contributed by atoms with Gasteiger partial charge in [-0.1, -0.05) is 47.6 Å². The van der Waals surface area contributed by atoms with E-state index in [1.807, 2.05) is 26.0 Å². The van der Waals surface area contributed by atoms with Crippen molar-refractivity contribution in [3.8, 4) is 6.07 Å². The molecule has 1 aromatic rings. The Balaban J connectivity index is 0.00000106. The largest absolute Gasteiger partial charge is 0.192 e. The molecule has 0 aliphatic heterocycles. The smallest absolute Gasteiger partial charge is 0.0991 e. The molecule has 0 spiro atoms. The SMILES string of the molecule is CC.CC(C)c1cc(C#N)cc(C(C)C)c1. The van der Waals surface area contributed by atoms with Crippen molar-refractivity contribution in [1.29, 1.82) is 5.26 Å². The number of hydrogen-bond donors (Lipinski definition) is 0. The van der Waals surface area contributed by atoms with Crippen molar-refractivity contribution in [3.05, 3.63) is 34.9 Å². The van der Waals surface area contributed by atoms with Crippen LogP contribution in [0.15, 0.2) is 18.2 Å². The molecule has 88 valence electrons. The molecule has 0 aliphatic rings. The summed E-state index contributed by atoms with van der Waals surface area (Å²) in [6.07, 6.45) is 0. The van der Waals surface area contributed by atoms with Crippen LogP contribution in [0, 0.1) is 11.3 Å². The van der Waals surface area contributed by atoms with E-state index in [0.29, 0.717) is 11.8 Å². The van der Waals surface area contributed by atoms with E-state index in [-0.39, 0.29) is 0 Å². The minimum Gasteiger partial charge on any atom is -0.192 e. The highest BCUT2D eigenvalue weighted by molar-refractivity contribution is 5.39. The number of benzene rings is 1. The quantitative estimate of drug-likeness (QED) is 0.696. The second-order valence-corrected chi connectivity index (χ2v) is 4.31. The van der Waals surface area contributed by atoms with Crippen LogP contribution in [-0.4, -0.2) is 0 Å². The van der Waals surface area contributed by atoms with Gasteiger partial charge in [-0.3, -0.25) is 0 Å². The summed E-state index contributed by atoms with van der Waals surface area (Å²) in [7, 11) is 0. The van der Waals surface area contributed by atoms with Crippen LogP contribution in [0.25, 0.3) is 0 Å². The van der Waals surface area contributed by atoms with E-state index in [0.717, 1.165) is 5.56 Å². The molecule has 1 rings (SSSR count). The summed E-state index contributed by atoms with van der Waals surface area (Å²) in [6.45, 7) is 12.6. The van der Waals surface area contributed by atoms with Gasteiger partial charge in [-0.25, -0.2) is 0 Å². The Morgan fingerprint density at radius 2 is 1.25 bits per heavy atom. The normalized spacial score (nSPS) is 9.69. The average Bonchev–Trinajstić information content (AvgIpc) is 2.30. The Hall–Kier alpha value is -1.29. The molecule has 16 heavy (non-hydrogen) atoms. The van der Waals surface area contributed by atoms with Gasteiger partial charge in [0.15, 0.2) is 0 Å². The van der Waals surface area contributed by atoms with E-state index >= 15 is 0 Å². The van der Waals surface area contributed by atoms with Gasteiger partial charge in [0.25, 0.3) is 0 Å². The highest BCUT2D eigenvalue weighted by Crippen LogP contribution is 2.22. The zero-order chi connectivity index (χ0) is 12.7. The highest BCUT2D eigenvalue weighted by Gasteiger charge is 2.06. The molecule has 1 heteroatoms.